The fourth-order valence-corrected chi connectivity index (χ4v) is 3.98. The Bertz CT molecular complexity index is 235. The van der Waals surface area contributed by atoms with Crippen LogP contribution >= 0.6 is 15.9 Å². The second-order valence-corrected chi connectivity index (χ2v) is 6.88. The second-order valence-electron chi connectivity index (χ2n) is 6.08. The third kappa shape index (κ3) is 4.21. The lowest BCUT2D eigenvalue weighted by Crippen LogP contribution is -2.40. The van der Waals surface area contributed by atoms with E-state index in [1.807, 2.05) is 0 Å². The number of halogens is 1. The molecule has 0 radical (unpaired) electrons. The Morgan fingerprint density at radius 2 is 1.83 bits per heavy atom. The van der Waals surface area contributed by atoms with E-state index in [4.69, 9.17) is 0 Å². The standard InChI is InChI=1S/C15H29BrN2/c1-17-11-3-2-6-14(17)9-13-18-12-5-8-15(18)7-4-10-16/h14-15H,2-13H2,1H3. The van der Waals surface area contributed by atoms with Gasteiger partial charge in [0, 0.05) is 17.4 Å². The molecule has 2 fully saturated rings. The minimum absolute atomic E-state index is 0.858. The molecule has 0 saturated carbocycles. The molecule has 2 aliphatic heterocycles. The number of hydrogen-bond acceptors (Lipinski definition) is 2. The highest BCUT2D eigenvalue weighted by Crippen LogP contribution is 2.24. The number of alkyl halides is 1. The maximum Gasteiger partial charge on any atom is 0.0104 e. The summed E-state index contributed by atoms with van der Waals surface area (Å²) in [6.07, 6.45) is 11.3. The molecule has 2 nitrogen and oxygen atoms in total. The molecule has 18 heavy (non-hydrogen) atoms. The zero-order valence-electron chi connectivity index (χ0n) is 11.9. The minimum Gasteiger partial charge on any atom is -0.303 e. The van der Waals surface area contributed by atoms with E-state index >= 15 is 0 Å². The van der Waals surface area contributed by atoms with Crippen molar-refractivity contribution in [3.63, 3.8) is 0 Å². The maximum atomic E-state index is 3.56. The van der Waals surface area contributed by atoms with Crippen LogP contribution in [-0.4, -0.2) is 53.9 Å². The van der Waals surface area contributed by atoms with Gasteiger partial charge in [0.15, 0.2) is 0 Å². The van der Waals surface area contributed by atoms with E-state index in [-0.39, 0.29) is 0 Å². The van der Waals surface area contributed by atoms with Gasteiger partial charge in [0.05, 0.1) is 0 Å². The van der Waals surface area contributed by atoms with E-state index in [0.29, 0.717) is 0 Å². The topological polar surface area (TPSA) is 6.48 Å². The Balaban J connectivity index is 1.71. The maximum absolute atomic E-state index is 3.56. The second kappa shape index (κ2) is 7.86. The van der Waals surface area contributed by atoms with E-state index in [9.17, 15) is 0 Å². The van der Waals surface area contributed by atoms with Crippen LogP contribution in [0.4, 0.5) is 0 Å². The Labute approximate surface area is 121 Å². The van der Waals surface area contributed by atoms with Gasteiger partial charge in [-0.3, -0.25) is 0 Å². The van der Waals surface area contributed by atoms with E-state index in [1.165, 1.54) is 76.3 Å². The van der Waals surface area contributed by atoms with Crippen molar-refractivity contribution in [2.24, 2.45) is 0 Å². The zero-order chi connectivity index (χ0) is 12.8. The van der Waals surface area contributed by atoms with Crippen molar-refractivity contribution >= 4 is 15.9 Å². The fourth-order valence-electron chi connectivity index (χ4n) is 3.65. The Hall–Kier alpha value is 0.400. The average molecular weight is 317 g/mol. The van der Waals surface area contributed by atoms with Gasteiger partial charge in [0.25, 0.3) is 0 Å². The van der Waals surface area contributed by atoms with Gasteiger partial charge >= 0.3 is 0 Å². The summed E-state index contributed by atoms with van der Waals surface area (Å²) >= 11 is 3.56. The SMILES string of the molecule is CN1CCCCC1CCN1CCCC1CCCBr. The predicted octanol–water partition coefficient (Wildman–Crippen LogP) is 3.50. The van der Waals surface area contributed by atoms with E-state index < -0.39 is 0 Å². The summed E-state index contributed by atoms with van der Waals surface area (Å²) in [6, 6.07) is 1.74. The van der Waals surface area contributed by atoms with Gasteiger partial charge in [-0.05, 0) is 71.6 Å². The lowest BCUT2D eigenvalue weighted by atomic mass is 9.99. The highest BCUT2D eigenvalue weighted by Gasteiger charge is 2.25. The molecule has 0 amide bonds. The molecule has 0 spiro atoms. The molecule has 3 heteroatoms. The summed E-state index contributed by atoms with van der Waals surface area (Å²) < 4.78 is 0. The monoisotopic (exact) mass is 316 g/mol. The first-order valence-electron chi connectivity index (χ1n) is 7.81. The molecule has 2 aliphatic rings. The minimum atomic E-state index is 0.858. The van der Waals surface area contributed by atoms with Gasteiger partial charge in [0.2, 0.25) is 0 Å². The Morgan fingerprint density at radius 3 is 2.61 bits per heavy atom. The molecule has 0 aromatic rings. The van der Waals surface area contributed by atoms with Crippen LogP contribution in [-0.2, 0) is 0 Å². The lowest BCUT2D eigenvalue weighted by Gasteiger charge is -2.34. The smallest absolute Gasteiger partial charge is 0.0104 e. The largest absolute Gasteiger partial charge is 0.303 e. The van der Waals surface area contributed by atoms with Crippen LogP contribution in [0.5, 0.6) is 0 Å². The number of hydrogen-bond donors (Lipinski definition) is 0. The lowest BCUT2D eigenvalue weighted by molar-refractivity contribution is 0.148. The van der Waals surface area contributed by atoms with Crippen LogP contribution < -0.4 is 0 Å². The first-order chi connectivity index (χ1) is 8.81. The quantitative estimate of drug-likeness (QED) is 0.692. The van der Waals surface area contributed by atoms with Crippen molar-refractivity contribution in [2.45, 2.75) is 63.5 Å². The van der Waals surface area contributed by atoms with Crippen LogP contribution in [0.15, 0.2) is 0 Å². The van der Waals surface area contributed by atoms with Gasteiger partial charge in [-0.15, -0.1) is 0 Å². The molecular formula is C15H29BrN2. The third-order valence-electron chi connectivity index (χ3n) is 4.84. The van der Waals surface area contributed by atoms with E-state index in [2.05, 4.69) is 32.8 Å². The number of piperidine rings is 1. The predicted molar refractivity (Wildman–Crippen MR) is 82.5 cm³/mol. The zero-order valence-corrected chi connectivity index (χ0v) is 13.5. The molecule has 0 bridgehead atoms. The first-order valence-corrected chi connectivity index (χ1v) is 8.93. The van der Waals surface area contributed by atoms with E-state index in [0.717, 1.165) is 12.1 Å². The average Bonchev–Trinajstić information content (AvgIpc) is 2.83. The normalized spacial score (nSPS) is 31.0. The third-order valence-corrected chi connectivity index (χ3v) is 5.40. The Morgan fingerprint density at radius 1 is 1.00 bits per heavy atom. The van der Waals surface area contributed by atoms with Crippen molar-refractivity contribution in [1.82, 2.24) is 9.80 Å². The van der Waals surface area contributed by atoms with E-state index in [1.54, 1.807) is 0 Å². The van der Waals surface area contributed by atoms with Crippen molar-refractivity contribution < 1.29 is 0 Å². The van der Waals surface area contributed by atoms with Crippen molar-refractivity contribution in [1.29, 1.82) is 0 Å². The van der Waals surface area contributed by atoms with Gasteiger partial charge in [0.1, 0.15) is 0 Å². The number of nitrogens with zero attached hydrogens (tertiary/aromatic N) is 2. The van der Waals surface area contributed by atoms with Crippen LogP contribution in [0.1, 0.15) is 51.4 Å². The van der Waals surface area contributed by atoms with Gasteiger partial charge in [-0.1, -0.05) is 22.4 Å². The van der Waals surface area contributed by atoms with Crippen molar-refractivity contribution in [2.75, 3.05) is 32.0 Å². The highest BCUT2D eigenvalue weighted by molar-refractivity contribution is 9.09. The summed E-state index contributed by atoms with van der Waals surface area (Å²) in [4.78, 5) is 5.36. The van der Waals surface area contributed by atoms with Crippen LogP contribution in [0.2, 0.25) is 0 Å². The Kier molecular flexibility index (Phi) is 6.46. The number of likely N-dealkylation sites (tertiary alicyclic amines) is 2. The van der Waals surface area contributed by atoms with Crippen LogP contribution in [0.25, 0.3) is 0 Å². The molecule has 106 valence electrons. The molecule has 0 N–H and O–H groups in total. The summed E-state index contributed by atoms with van der Waals surface area (Å²) in [7, 11) is 2.32. The summed E-state index contributed by atoms with van der Waals surface area (Å²) in [6.45, 7) is 4.00. The number of rotatable bonds is 6. The van der Waals surface area contributed by atoms with Crippen LogP contribution in [0.3, 0.4) is 0 Å². The molecule has 2 unspecified atom stereocenters. The molecule has 2 saturated heterocycles. The van der Waals surface area contributed by atoms with Gasteiger partial charge < -0.3 is 9.80 Å². The highest BCUT2D eigenvalue weighted by atomic mass is 79.9. The summed E-state index contributed by atoms with van der Waals surface area (Å²) in [5, 5.41) is 1.17. The summed E-state index contributed by atoms with van der Waals surface area (Å²) in [5.41, 5.74) is 0. The molecule has 0 aromatic carbocycles. The fraction of sp³-hybridized carbons (Fsp3) is 1.00. The molecule has 2 rings (SSSR count). The van der Waals surface area contributed by atoms with Crippen molar-refractivity contribution in [3.05, 3.63) is 0 Å². The van der Waals surface area contributed by atoms with Gasteiger partial charge in [-0.25, -0.2) is 0 Å². The van der Waals surface area contributed by atoms with Crippen LogP contribution in [0, 0.1) is 0 Å². The molecule has 0 aliphatic carbocycles. The van der Waals surface area contributed by atoms with Crippen molar-refractivity contribution in [3.8, 4) is 0 Å². The first kappa shape index (κ1) is 14.8. The van der Waals surface area contributed by atoms with Gasteiger partial charge in [-0.2, -0.15) is 0 Å². The molecule has 2 atom stereocenters. The molecule has 0 aromatic heterocycles. The summed E-state index contributed by atoms with van der Waals surface area (Å²) in [5.74, 6) is 0. The molecule has 2 heterocycles. The molecular weight excluding hydrogens is 288 g/mol.